The molecule has 0 saturated heterocycles. The second-order valence-corrected chi connectivity index (χ2v) is 7.07. The second-order valence-electron chi connectivity index (χ2n) is 5.12. The molecular formula is C14H28N2O2S. The third-order valence-corrected chi connectivity index (χ3v) is 4.51. The van der Waals surface area contributed by atoms with Gasteiger partial charge in [0.05, 0.1) is 5.75 Å². The van der Waals surface area contributed by atoms with E-state index in [0.717, 1.165) is 12.8 Å². The lowest BCUT2D eigenvalue weighted by Crippen LogP contribution is -2.07. The Balaban J connectivity index is 3.26. The number of sulfone groups is 1. The Morgan fingerprint density at radius 3 is 1.68 bits per heavy atom. The van der Waals surface area contributed by atoms with Gasteiger partial charge in [0.15, 0.2) is 0 Å². The van der Waals surface area contributed by atoms with Gasteiger partial charge in [-0.2, -0.15) is 4.79 Å². The highest BCUT2D eigenvalue weighted by Gasteiger charge is 2.10. The maximum absolute atomic E-state index is 11.2. The largest absolute Gasteiger partial charge is 0.370 e. The van der Waals surface area contributed by atoms with E-state index in [4.69, 9.17) is 5.53 Å². The molecular weight excluding hydrogens is 260 g/mol. The van der Waals surface area contributed by atoms with Gasteiger partial charge in [0.2, 0.25) is 9.84 Å². The third-order valence-electron chi connectivity index (χ3n) is 3.24. The van der Waals surface area contributed by atoms with E-state index in [0.29, 0.717) is 12.0 Å². The van der Waals surface area contributed by atoms with E-state index in [2.05, 4.69) is 11.7 Å². The summed E-state index contributed by atoms with van der Waals surface area (Å²) in [6.07, 6.45) is 13.2. The fourth-order valence-electron chi connectivity index (χ4n) is 2.09. The fraction of sp³-hybridized carbons (Fsp3) is 0.929. The summed E-state index contributed by atoms with van der Waals surface area (Å²) in [5, 5.41) is 0. The van der Waals surface area contributed by atoms with Gasteiger partial charge >= 0.3 is 5.55 Å². The molecule has 0 aliphatic carbocycles. The predicted molar refractivity (Wildman–Crippen MR) is 79.9 cm³/mol. The van der Waals surface area contributed by atoms with E-state index >= 15 is 0 Å². The van der Waals surface area contributed by atoms with E-state index in [1.54, 1.807) is 0 Å². The quantitative estimate of drug-likeness (QED) is 0.169. The smallest absolute Gasteiger partial charge is 0.361 e. The van der Waals surface area contributed by atoms with Crippen molar-refractivity contribution in [2.45, 2.75) is 77.6 Å². The molecule has 19 heavy (non-hydrogen) atoms. The molecule has 0 spiro atoms. The van der Waals surface area contributed by atoms with E-state index < -0.39 is 9.84 Å². The van der Waals surface area contributed by atoms with Crippen molar-refractivity contribution in [2.75, 3.05) is 5.75 Å². The minimum absolute atomic E-state index is 0.0913. The highest BCUT2D eigenvalue weighted by Crippen LogP contribution is 2.11. The van der Waals surface area contributed by atoms with Crippen LogP contribution in [0.4, 0.5) is 0 Å². The van der Waals surface area contributed by atoms with Crippen molar-refractivity contribution in [3.8, 4) is 0 Å². The zero-order valence-electron chi connectivity index (χ0n) is 12.2. The Morgan fingerprint density at radius 2 is 1.26 bits per heavy atom. The Labute approximate surface area is 118 Å². The zero-order chi connectivity index (χ0) is 14.4. The Hall–Kier alpha value is -0.670. The summed E-state index contributed by atoms with van der Waals surface area (Å²) in [5.74, 6) is 0.0913. The molecule has 0 aromatic carbocycles. The molecule has 112 valence electrons. The predicted octanol–water partition coefficient (Wildman–Crippen LogP) is 3.97. The molecule has 0 heterocycles. The van der Waals surface area contributed by atoms with E-state index in [1.165, 1.54) is 51.4 Å². The molecule has 0 atom stereocenters. The first-order chi connectivity index (χ1) is 9.12. The van der Waals surface area contributed by atoms with Gasteiger partial charge in [-0.05, 0) is 6.42 Å². The molecule has 5 heteroatoms. The first-order valence-electron chi connectivity index (χ1n) is 7.52. The SMILES string of the molecule is CCCCCCCCCCCCCS(=O)(=O)C=[N+]=[N-]. The topological polar surface area (TPSA) is 70.5 Å². The van der Waals surface area contributed by atoms with Crippen molar-refractivity contribution in [3.05, 3.63) is 5.53 Å². The zero-order valence-corrected chi connectivity index (χ0v) is 13.0. The van der Waals surface area contributed by atoms with Gasteiger partial charge in [-0.15, -0.1) is 0 Å². The minimum atomic E-state index is -3.28. The summed E-state index contributed by atoms with van der Waals surface area (Å²) < 4.78 is 22.4. The van der Waals surface area contributed by atoms with Gasteiger partial charge < -0.3 is 5.53 Å². The van der Waals surface area contributed by atoms with Crippen LogP contribution in [0.1, 0.15) is 77.6 Å². The van der Waals surface area contributed by atoms with Crippen molar-refractivity contribution in [1.82, 2.24) is 0 Å². The van der Waals surface area contributed by atoms with Crippen molar-refractivity contribution in [3.63, 3.8) is 0 Å². The van der Waals surface area contributed by atoms with Gasteiger partial charge in [0.1, 0.15) is 0 Å². The summed E-state index contributed by atoms with van der Waals surface area (Å²) in [6, 6.07) is 0. The monoisotopic (exact) mass is 288 g/mol. The summed E-state index contributed by atoms with van der Waals surface area (Å²) >= 11 is 0. The van der Waals surface area contributed by atoms with E-state index in [1.807, 2.05) is 0 Å². The molecule has 0 radical (unpaired) electrons. The van der Waals surface area contributed by atoms with Gasteiger partial charge in [0.25, 0.3) is 0 Å². The molecule has 0 rings (SSSR count). The van der Waals surface area contributed by atoms with Crippen LogP contribution >= 0.6 is 0 Å². The van der Waals surface area contributed by atoms with Gasteiger partial charge in [-0.1, -0.05) is 71.1 Å². The molecule has 0 aliphatic rings. The van der Waals surface area contributed by atoms with Gasteiger partial charge in [0, 0.05) is 0 Å². The minimum Gasteiger partial charge on any atom is -0.361 e. The first kappa shape index (κ1) is 18.3. The molecule has 0 N–H and O–H groups in total. The standard InChI is InChI=1S/C14H28N2O2S/c1-2-3-4-5-6-7-8-9-10-11-12-13-19(17,18)14-16-15/h14H,2-13H2,1H3. The maximum Gasteiger partial charge on any atom is 0.370 e. The molecule has 0 unspecified atom stereocenters. The van der Waals surface area contributed by atoms with Gasteiger partial charge in [-0.25, -0.2) is 8.42 Å². The Kier molecular flexibility index (Phi) is 11.9. The number of nitrogens with zero attached hydrogens (tertiary/aromatic N) is 2. The Bertz CT molecular complexity index is 346. The number of rotatable bonds is 13. The second kappa shape index (κ2) is 12.4. The highest BCUT2D eigenvalue weighted by atomic mass is 32.2. The van der Waals surface area contributed by atoms with Crippen molar-refractivity contribution >= 4 is 15.4 Å². The summed E-state index contributed by atoms with van der Waals surface area (Å²) in [6.45, 7) is 2.23. The van der Waals surface area contributed by atoms with Crippen LogP contribution < -0.4 is 0 Å². The molecule has 0 bridgehead atoms. The van der Waals surface area contributed by atoms with Crippen molar-refractivity contribution in [2.24, 2.45) is 0 Å². The number of hydrogen-bond acceptors (Lipinski definition) is 2. The van der Waals surface area contributed by atoms with Crippen LogP contribution in [0, 0.1) is 0 Å². The summed E-state index contributed by atoms with van der Waals surface area (Å²) in [4.78, 5) is 2.56. The lowest BCUT2D eigenvalue weighted by Gasteiger charge is -2.01. The van der Waals surface area contributed by atoms with E-state index in [-0.39, 0.29) is 5.75 Å². The normalized spacial score (nSPS) is 11.2. The molecule has 0 fully saturated rings. The van der Waals surface area contributed by atoms with Crippen LogP contribution in [0.15, 0.2) is 0 Å². The lowest BCUT2D eigenvalue weighted by molar-refractivity contribution is 0.00754. The van der Waals surface area contributed by atoms with Crippen LogP contribution in [0.25, 0.3) is 5.53 Å². The molecule has 0 aromatic heterocycles. The van der Waals surface area contributed by atoms with Crippen LogP contribution in [0.3, 0.4) is 0 Å². The summed E-state index contributed by atoms with van der Waals surface area (Å²) in [7, 11) is -3.28. The van der Waals surface area contributed by atoms with Crippen molar-refractivity contribution < 1.29 is 13.2 Å². The van der Waals surface area contributed by atoms with Crippen LogP contribution in [0.5, 0.6) is 0 Å². The average Bonchev–Trinajstić information content (AvgIpc) is 2.36. The van der Waals surface area contributed by atoms with Crippen LogP contribution in [0.2, 0.25) is 0 Å². The molecule has 0 amide bonds. The Morgan fingerprint density at radius 1 is 0.842 bits per heavy atom. The fourth-order valence-corrected chi connectivity index (χ4v) is 2.95. The average molecular weight is 288 g/mol. The number of hydrogen-bond donors (Lipinski definition) is 0. The lowest BCUT2D eigenvalue weighted by atomic mass is 10.1. The third kappa shape index (κ3) is 13.6. The molecule has 0 aromatic rings. The molecule has 0 aliphatic heterocycles. The van der Waals surface area contributed by atoms with Crippen molar-refractivity contribution in [1.29, 1.82) is 0 Å². The first-order valence-corrected chi connectivity index (χ1v) is 9.24. The summed E-state index contributed by atoms with van der Waals surface area (Å²) in [5.41, 5.74) is 8.80. The van der Waals surface area contributed by atoms with Crippen LogP contribution in [-0.2, 0) is 9.84 Å². The highest BCUT2D eigenvalue weighted by molar-refractivity contribution is 8.04. The molecule has 0 saturated carbocycles. The maximum atomic E-state index is 11.2. The van der Waals surface area contributed by atoms with Crippen LogP contribution in [-0.4, -0.2) is 24.5 Å². The number of unbranched alkanes of at least 4 members (excludes halogenated alkanes) is 10. The van der Waals surface area contributed by atoms with E-state index in [9.17, 15) is 8.42 Å². The molecule has 4 nitrogen and oxygen atoms in total. The van der Waals surface area contributed by atoms with Gasteiger partial charge in [-0.3, -0.25) is 0 Å².